The minimum atomic E-state index is 0.481. The predicted octanol–water partition coefficient (Wildman–Crippen LogP) is 7.74. The average molecular weight is 535 g/mol. The van der Waals surface area contributed by atoms with Crippen LogP contribution in [0.4, 0.5) is 5.69 Å². The lowest BCUT2D eigenvalue weighted by Gasteiger charge is -2.15. The second-order valence-corrected chi connectivity index (χ2v) is 8.63. The summed E-state index contributed by atoms with van der Waals surface area (Å²) in [5, 5.41) is 2.42. The summed E-state index contributed by atoms with van der Waals surface area (Å²) in [4.78, 5) is 4.63. The molecule has 0 N–H and O–H groups in total. The number of nitrogens with zero attached hydrogens (tertiary/aromatic N) is 1. The van der Waals surface area contributed by atoms with Crippen LogP contribution in [-0.2, 0) is 13.0 Å². The molecule has 0 spiro atoms. The van der Waals surface area contributed by atoms with Crippen LogP contribution < -0.4 is 9.47 Å². The SMILES string of the molecule is CCOc1cc(C=Nc2ccc(CC)cc2)cc(I)c1OCc1cccc2ccccc12. The second-order valence-electron chi connectivity index (χ2n) is 7.47. The van der Waals surface area contributed by atoms with E-state index in [0.29, 0.717) is 13.2 Å². The van der Waals surface area contributed by atoms with Gasteiger partial charge in [-0.15, -0.1) is 0 Å². The normalized spacial score (nSPS) is 11.2. The van der Waals surface area contributed by atoms with Gasteiger partial charge in [0.05, 0.1) is 15.9 Å². The zero-order valence-corrected chi connectivity index (χ0v) is 20.5. The molecule has 0 aliphatic heterocycles. The monoisotopic (exact) mass is 535 g/mol. The highest BCUT2D eigenvalue weighted by Gasteiger charge is 2.13. The van der Waals surface area contributed by atoms with Crippen LogP contribution in [0.3, 0.4) is 0 Å². The lowest BCUT2D eigenvalue weighted by Crippen LogP contribution is -2.03. The second kappa shape index (κ2) is 10.6. The summed E-state index contributed by atoms with van der Waals surface area (Å²) in [6, 6.07) is 27.1. The summed E-state index contributed by atoms with van der Waals surface area (Å²) in [5.74, 6) is 1.51. The Balaban J connectivity index is 1.57. The lowest BCUT2D eigenvalue weighted by atomic mass is 10.1. The van der Waals surface area contributed by atoms with Gasteiger partial charge in [-0.3, -0.25) is 4.99 Å². The van der Waals surface area contributed by atoms with E-state index in [1.165, 1.54) is 16.3 Å². The van der Waals surface area contributed by atoms with Crippen LogP contribution in [0.1, 0.15) is 30.5 Å². The molecule has 32 heavy (non-hydrogen) atoms. The molecular weight excluding hydrogens is 509 g/mol. The summed E-state index contributed by atoms with van der Waals surface area (Å²) in [6.07, 6.45) is 2.90. The lowest BCUT2D eigenvalue weighted by molar-refractivity contribution is 0.268. The van der Waals surface area contributed by atoms with E-state index >= 15 is 0 Å². The van der Waals surface area contributed by atoms with Crippen molar-refractivity contribution in [2.75, 3.05) is 6.61 Å². The molecule has 4 rings (SSSR count). The predicted molar refractivity (Wildman–Crippen MR) is 142 cm³/mol. The Kier molecular flexibility index (Phi) is 7.43. The van der Waals surface area contributed by atoms with Crippen LogP contribution in [0.5, 0.6) is 11.5 Å². The Morgan fingerprint density at radius 1 is 0.875 bits per heavy atom. The molecule has 3 nitrogen and oxygen atoms in total. The number of hydrogen-bond acceptors (Lipinski definition) is 3. The van der Waals surface area contributed by atoms with Gasteiger partial charge in [-0.25, -0.2) is 0 Å². The molecule has 0 heterocycles. The molecule has 0 aliphatic carbocycles. The molecule has 0 fully saturated rings. The van der Waals surface area contributed by atoms with Crippen LogP contribution in [0, 0.1) is 3.57 Å². The fraction of sp³-hybridized carbons (Fsp3) is 0.179. The number of aryl methyl sites for hydroxylation is 1. The van der Waals surface area contributed by atoms with Gasteiger partial charge in [-0.1, -0.05) is 61.5 Å². The fourth-order valence-electron chi connectivity index (χ4n) is 3.60. The molecule has 0 bridgehead atoms. The summed E-state index contributed by atoms with van der Waals surface area (Å²) in [5.41, 5.74) is 4.38. The molecule has 0 radical (unpaired) electrons. The minimum absolute atomic E-state index is 0.481. The van der Waals surface area contributed by atoms with Crippen LogP contribution >= 0.6 is 22.6 Å². The zero-order valence-electron chi connectivity index (χ0n) is 18.3. The average Bonchev–Trinajstić information content (AvgIpc) is 2.83. The van der Waals surface area contributed by atoms with E-state index in [2.05, 4.69) is 95.2 Å². The van der Waals surface area contributed by atoms with Crippen LogP contribution in [0.25, 0.3) is 10.8 Å². The molecule has 162 valence electrons. The third kappa shape index (κ3) is 5.30. The summed E-state index contributed by atoms with van der Waals surface area (Å²) >= 11 is 2.31. The van der Waals surface area contributed by atoms with Crippen molar-refractivity contribution in [1.82, 2.24) is 0 Å². The summed E-state index contributed by atoms with van der Waals surface area (Å²) < 4.78 is 13.2. The van der Waals surface area contributed by atoms with Gasteiger partial charge in [-0.2, -0.15) is 0 Å². The van der Waals surface area contributed by atoms with Crippen LogP contribution in [0.15, 0.2) is 83.9 Å². The molecule has 0 saturated carbocycles. The highest BCUT2D eigenvalue weighted by atomic mass is 127. The molecule has 4 heteroatoms. The van der Waals surface area contributed by atoms with Gasteiger partial charge in [0.25, 0.3) is 0 Å². The van der Waals surface area contributed by atoms with Crippen molar-refractivity contribution in [2.45, 2.75) is 26.9 Å². The molecule has 0 saturated heterocycles. The number of halogens is 1. The first-order valence-electron chi connectivity index (χ1n) is 10.9. The van der Waals surface area contributed by atoms with E-state index in [1.807, 2.05) is 31.3 Å². The molecule has 4 aromatic rings. The maximum absolute atomic E-state index is 6.28. The first-order valence-corrected chi connectivity index (χ1v) is 11.9. The number of aliphatic imine (C=N–C) groups is 1. The third-order valence-corrected chi connectivity index (χ3v) is 6.09. The number of hydrogen-bond donors (Lipinski definition) is 0. The van der Waals surface area contributed by atoms with E-state index in [9.17, 15) is 0 Å². The van der Waals surface area contributed by atoms with Gasteiger partial charge in [-0.05, 0) is 87.7 Å². The van der Waals surface area contributed by atoms with E-state index in [0.717, 1.165) is 38.3 Å². The van der Waals surface area contributed by atoms with Crippen molar-refractivity contribution >= 4 is 45.3 Å². The van der Waals surface area contributed by atoms with Gasteiger partial charge in [0.15, 0.2) is 11.5 Å². The highest BCUT2D eigenvalue weighted by molar-refractivity contribution is 14.1. The van der Waals surface area contributed by atoms with Gasteiger partial charge >= 0.3 is 0 Å². The fourth-order valence-corrected chi connectivity index (χ4v) is 4.38. The van der Waals surface area contributed by atoms with Crippen molar-refractivity contribution in [3.63, 3.8) is 0 Å². The van der Waals surface area contributed by atoms with Crippen molar-refractivity contribution in [1.29, 1.82) is 0 Å². The Morgan fingerprint density at radius 3 is 2.44 bits per heavy atom. The quantitative estimate of drug-likeness (QED) is 0.171. The van der Waals surface area contributed by atoms with Gasteiger partial charge in [0, 0.05) is 6.21 Å². The Hall–Kier alpha value is -2.86. The maximum Gasteiger partial charge on any atom is 0.175 e. The van der Waals surface area contributed by atoms with E-state index < -0.39 is 0 Å². The van der Waals surface area contributed by atoms with E-state index in [-0.39, 0.29) is 0 Å². The molecule has 0 atom stereocenters. The van der Waals surface area contributed by atoms with Crippen LogP contribution in [0.2, 0.25) is 0 Å². The molecule has 0 amide bonds. The number of benzene rings is 4. The Labute approximate surface area is 203 Å². The first kappa shape index (κ1) is 22.3. The van der Waals surface area contributed by atoms with E-state index in [1.54, 1.807) is 0 Å². The smallest absolute Gasteiger partial charge is 0.175 e. The summed E-state index contributed by atoms with van der Waals surface area (Å²) in [6.45, 7) is 5.19. The van der Waals surface area contributed by atoms with Crippen molar-refractivity contribution in [3.05, 3.63) is 99.1 Å². The standard InChI is InChI=1S/C28H26INO2/c1-3-20-12-14-24(15-13-20)30-18-21-16-26(29)28(27(17-21)31-4-2)32-19-23-10-7-9-22-8-5-6-11-25(22)23/h5-18H,3-4,19H2,1-2H3. The Morgan fingerprint density at radius 2 is 1.66 bits per heavy atom. The van der Waals surface area contributed by atoms with E-state index in [4.69, 9.17) is 9.47 Å². The first-order chi connectivity index (χ1) is 15.7. The van der Waals surface area contributed by atoms with Gasteiger partial charge in [0.1, 0.15) is 6.61 Å². The Bertz CT molecular complexity index is 1230. The molecule has 0 unspecified atom stereocenters. The van der Waals surface area contributed by atoms with Gasteiger partial charge in [0.2, 0.25) is 0 Å². The molecule has 0 aromatic heterocycles. The number of rotatable bonds is 8. The topological polar surface area (TPSA) is 30.8 Å². The highest BCUT2D eigenvalue weighted by Crippen LogP contribution is 2.35. The van der Waals surface area contributed by atoms with Crippen molar-refractivity contribution in [3.8, 4) is 11.5 Å². The molecular formula is C28H26INO2. The number of fused-ring (bicyclic) bond motifs is 1. The third-order valence-electron chi connectivity index (χ3n) is 5.29. The van der Waals surface area contributed by atoms with Gasteiger partial charge < -0.3 is 9.47 Å². The number of ether oxygens (including phenoxy) is 2. The molecule has 0 aliphatic rings. The summed E-state index contributed by atoms with van der Waals surface area (Å²) in [7, 11) is 0. The van der Waals surface area contributed by atoms with Crippen molar-refractivity contribution < 1.29 is 9.47 Å². The maximum atomic E-state index is 6.28. The minimum Gasteiger partial charge on any atom is -0.490 e. The van der Waals surface area contributed by atoms with Crippen molar-refractivity contribution in [2.24, 2.45) is 4.99 Å². The zero-order chi connectivity index (χ0) is 22.3. The van der Waals surface area contributed by atoms with Crippen LogP contribution in [-0.4, -0.2) is 12.8 Å². The molecule has 4 aromatic carbocycles. The largest absolute Gasteiger partial charge is 0.490 e.